The maximum absolute atomic E-state index is 10.9. The van der Waals surface area contributed by atoms with Gasteiger partial charge in [0.15, 0.2) is 0 Å². The highest BCUT2D eigenvalue weighted by Gasteiger charge is 2.25. The van der Waals surface area contributed by atoms with E-state index in [2.05, 4.69) is 30.1 Å². The largest absolute Gasteiger partial charge is 0.497 e. The fourth-order valence-electron chi connectivity index (χ4n) is 1.60. The Kier molecular flexibility index (Phi) is 8.31. The highest BCUT2D eigenvalue weighted by Crippen LogP contribution is 2.16. The highest BCUT2D eigenvalue weighted by atomic mass is 79.9. The number of rotatable bonds is 10. The number of hydrogen-bond acceptors (Lipinski definition) is 6. The van der Waals surface area contributed by atoms with E-state index in [4.69, 9.17) is 19.6 Å². The minimum Gasteiger partial charge on any atom is -0.497 e. The van der Waals surface area contributed by atoms with Crippen molar-refractivity contribution in [2.45, 2.75) is 17.5 Å². The Balaban J connectivity index is 2.59. The van der Waals surface area contributed by atoms with Crippen molar-refractivity contribution in [2.24, 2.45) is 5.11 Å². The summed E-state index contributed by atoms with van der Waals surface area (Å²) in [4.78, 5) is 1.93. The van der Waals surface area contributed by atoms with E-state index in [1.54, 1.807) is 31.4 Å². The average molecular weight is 410 g/mol. The van der Waals surface area contributed by atoms with Crippen LogP contribution < -0.4 is 4.74 Å². The number of azide groups is 1. The Morgan fingerprint density at radius 2 is 2.04 bits per heavy atom. The zero-order valence-electron chi connectivity index (χ0n) is 12.2. The van der Waals surface area contributed by atoms with E-state index in [9.17, 15) is 8.42 Å². The van der Waals surface area contributed by atoms with Crippen LogP contribution in [0.25, 0.3) is 10.4 Å². The van der Waals surface area contributed by atoms with E-state index in [0.717, 1.165) is 5.56 Å². The topological polar surface area (TPSA) is 131 Å². The average Bonchev–Trinajstić information content (AvgIpc) is 2.51. The van der Waals surface area contributed by atoms with Gasteiger partial charge in [-0.3, -0.25) is 4.55 Å². The summed E-state index contributed by atoms with van der Waals surface area (Å²) in [6.07, 6.45) is -1.05. The molecule has 0 amide bonds. The summed E-state index contributed by atoms with van der Waals surface area (Å²) in [5, 5.41) is 3.32. The second kappa shape index (κ2) is 9.71. The standard InChI is InChI=1S/C12H16BrN3O6S/c1-20-10-4-2-9(3-5-10)7-21-8-12(22-23(17,18)19)11(13)6-15-16-14/h2-5,11-12H,6-8H2,1H3,(H,17,18,19)/t11-,12+/m0/s1. The first-order valence-corrected chi connectivity index (χ1v) is 8.65. The van der Waals surface area contributed by atoms with Crippen LogP contribution in [0.2, 0.25) is 0 Å². The van der Waals surface area contributed by atoms with Gasteiger partial charge in [-0.2, -0.15) is 8.42 Å². The summed E-state index contributed by atoms with van der Waals surface area (Å²) in [5.74, 6) is 0.705. The van der Waals surface area contributed by atoms with Crippen molar-refractivity contribution in [1.29, 1.82) is 0 Å². The lowest BCUT2D eigenvalue weighted by Gasteiger charge is -2.19. The van der Waals surface area contributed by atoms with Crippen molar-refractivity contribution in [2.75, 3.05) is 20.3 Å². The van der Waals surface area contributed by atoms with Gasteiger partial charge in [0.1, 0.15) is 11.9 Å². The van der Waals surface area contributed by atoms with E-state index in [0.29, 0.717) is 5.75 Å². The van der Waals surface area contributed by atoms with Gasteiger partial charge < -0.3 is 9.47 Å². The van der Waals surface area contributed by atoms with Crippen LogP contribution in [0, 0.1) is 0 Å². The molecule has 0 aliphatic carbocycles. The van der Waals surface area contributed by atoms with E-state index in [-0.39, 0.29) is 19.8 Å². The van der Waals surface area contributed by atoms with Crippen molar-refractivity contribution >= 4 is 26.3 Å². The molecule has 0 unspecified atom stereocenters. The summed E-state index contributed by atoms with van der Waals surface area (Å²) in [7, 11) is -3.10. The fraction of sp³-hybridized carbons (Fsp3) is 0.500. The Labute approximate surface area is 142 Å². The van der Waals surface area contributed by atoms with Gasteiger partial charge in [0.05, 0.1) is 25.2 Å². The minimum atomic E-state index is -4.66. The molecule has 0 radical (unpaired) electrons. The molecule has 1 rings (SSSR count). The predicted molar refractivity (Wildman–Crippen MR) is 85.8 cm³/mol. The third kappa shape index (κ3) is 8.16. The van der Waals surface area contributed by atoms with Gasteiger partial charge in [-0.05, 0) is 23.2 Å². The molecule has 0 fully saturated rings. The molecule has 0 spiro atoms. The third-order valence-electron chi connectivity index (χ3n) is 2.68. The summed E-state index contributed by atoms with van der Waals surface area (Å²) in [6, 6.07) is 7.12. The maximum Gasteiger partial charge on any atom is 0.397 e. The molecular weight excluding hydrogens is 394 g/mol. The van der Waals surface area contributed by atoms with Gasteiger partial charge in [0, 0.05) is 11.5 Å². The van der Waals surface area contributed by atoms with Gasteiger partial charge >= 0.3 is 10.4 Å². The first-order valence-electron chi connectivity index (χ1n) is 6.37. The molecule has 0 aromatic heterocycles. The number of nitrogens with zero attached hydrogens (tertiary/aromatic N) is 3. The number of halogens is 1. The number of hydrogen-bond donors (Lipinski definition) is 1. The maximum atomic E-state index is 10.9. The Bertz CT molecular complexity index is 633. The van der Waals surface area contributed by atoms with E-state index < -0.39 is 21.3 Å². The molecular formula is C12H16BrN3O6S. The molecule has 1 aromatic rings. The molecule has 0 heterocycles. The molecule has 0 bridgehead atoms. The number of ether oxygens (including phenoxy) is 2. The monoisotopic (exact) mass is 409 g/mol. The molecule has 0 aliphatic rings. The van der Waals surface area contributed by atoms with Crippen LogP contribution in [0.3, 0.4) is 0 Å². The van der Waals surface area contributed by atoms with E-state index in [1.807, 2.05) is 0 Å². The summed E-state index contributed by atoms with van der Waals surface area (Å²) in [6.45, 7) is 0.00182. The minimum absolute atomic E-state index is 0.0669. The fourth-order valence-corrected chi connectivity index (χ4v) is 2.63. The van der Waals surface area contributed by atoms with Crippen LogP contribution in [0.15, 0.2) is 29.4 Å². The quantitative estimate of drug-likeness (QED) is 0.207. The highest BCUT2D eigenvalue weighted by molar-refractivity contribution is 9.09. The molecule has 1 N–H and O–H groups in total. The lowest BCUT2D eigenvalue weighted by atomic mass is 10.2. The molecule has 23 heavy (non-hydrogen) atoms. The van der Waals surface area contributed by atoms with Crippen molar-refractivity contribution in [3.05, 3.63) is 40.3 Å². The lowest BCUT2D eigenvalue weighted by molar-refractivity contribution is 0.0393. The Morgan fingerprint density at radius 1 is 1.39 bits per heavy atom. The van der Waals surface area contributed by atoms with Gasteiger partial charge in [0.25, 0.3) is 0 Å². The van der Waals surface area contributed by atoms with Crippen LogP contribution in [0.4, 0.5) is 0 Å². The van der Waals surface area contributed by atoms with Gasteiger partial charge in [-0.15, -0.1) is 0 Å². The van der Waals surface area contributed by atoms with Crippen molar-refractivity contribution in [1.82, 2.24) is 0 Å². The van der Waals surface area contributed by atoms with Gasteiger partial charge in [0.2, 0.25) is 0 Å². The van der Waals surface area contributed by atoms with Crippen molar-refractivity contribution in [3.8, 4) is 5.75 Å². The first-order chi connectivity index (χ1) is 10.9. The second-order valence-electron chi connectivity index (χ2n) is 4.36. The molecule has 128 valence electrons. The second-order valence-corrected chi connectivity index (χ2v) is 6.58. The third-order valence-corrected chi connectivity index (χ3v) is 4.05. The molecule has 2 atom stereocenters. The Morgan fingerprint density at radius 3 is 2.57 bits per heavy atom. The van der Waals surface area contributed by atoms with E-state index in [1.165, 1.54) is 0 Å². The first kappa shape index (κ1) is 19.7. The van der Waals surface area contributed by atoms with Gasteiger partial charge in [-0.25, -0.2) is 4.18 Å². The number of alkyl halides is 1. The zero-order chi connectivity index (χ0) is 17.3. The summed E-state index contributed by atoms with van der Waals surface area (Å²) >= 11 is 3.14. The van der Waals surface area contributed by atoms with Crippen molar-refractivity contribution in [3.63, 3.8) is 0 Å². The molecule has 1 aromatic carbocycles. The van der Waals surface area contributed by atoms with E-state index >= 15 is 0 Å². The molecule has 0 saturated heterocycles. The van der Waals surface area contributed by atoms with Crippen LogP contribution >= 0.6 is 15.9 Å². The number of methoxy groups -OCH3 is 1. The summed E-state index contributed by atoms with van der Waals surface area (Å²) in [5.41, 5.74) is 9.13. The smallest absolute Gasteiger partial charge is 0.397 e. The van der Waals surface area contributed by atoms with Crippen LogP contribution in [-0.4, -0.2) is 44.2 Å². The van der Waals surface area contributed by atoms with Gasteiger partial charge in [-0.1, -0.05) is 33.2 Å². The molecule has 11 heteroatoms. The van der Waals surface area contributed by atoms with Crippen molar-refractivity contribution < 1.29 is 26.6 Å². The molecule has 0 saturated carbocycles. The predicted octanol–water partition coefficient (Wildman–Crippen LogP) is 2.47. The van der Waals surface area contributed by atoms with Crippen LogP contribution in [0.5, 0.6) is 5.75 Å². The number of benzene rings is 1. The van der Waals surface area contributed by atoms with Crippen LogP contribution in [-0.2, 0) is 25.9 Å². The SMILES string of the molecule is COc1ccc(COC[C@@H](OS(=O)(=O)O)[C@@H](Br)CN=[N+]=[N-])cc1. The van der Waals surface area contributed by atoms with Crippen LogP contribution in [0.1, 0.15) is 5.56 Å². The Hall–Kier alpha value is -1.36. The zero-order valence-corrected chi connectivity index (χ0v) is 14.6. The molecule has 0 aliphatic heterocycles. The summed E-state index contributed by atoms with van der Waals surface area (Å²) < 4.78 is 45.5. The normalized spacial score (nSPS) is 13.9. The molecule has 9 nitrogen and oxygen atoms in total. The lowest BCUT2D eigenvalue weighted by Crippen LogP contribution is -2.33.